The summed E-state index contributed by atoms with van der Waals surface area (Å²) >= 11 is 3.73. The fourth-order valence-electron chi connectivity index (χ4n) is 3.54. The zero-order valence-electron chi connectivity index (χ0n) is 14.3. The maximum absolute atomic E-state index is 6.01. The summed E-state index contributed by atoms with van der Waals surface area (Å²) in [7, 11) is 1.67. The van der Waals surface area contributed by atoms with Crippen molar-refractivity contribution in [3.8, 4) is 11.5 Å². The van der Waals surface area contributed by atoms with Gasteiger partial charge in [-0.25, -0.2) is 5.01 Å². The van der Waals surface area contributed by atoms with Gasteiger partial charge in [-0.3, -0.25) is 0 Å². The topological polar surface area (TPSA) is 27.7 Å². The number of hydrazine groups is 1. The third-order valence-electron chi connectivity index (χ3n) is 4.83. The molecule has 0 spiro atoms. The second-order valence-corrected chi connectivity index (χ2v) is 7.31. The summed E-state index contributed by atoms with van der Waals surface area (Å²) in [6.07, 6.45) is 4.40. The first kappa shape index (κ1) is 15.8. The minimum atomic E-state index is 0.114. The largest absolute Gasteiger partial charge is 0.497 e. The number of halogens is 1. The van der Waals surface area contributed by atoms with E-state index in [2.05, 4.69) is 68.3 Å². The van der Waals surface area contributed by atoms with Crippen molar-refractivity contribution in [3.63, 3.8) is 0 Å². The number of hydrogen-bond acceptors (Lipinski definition) is 5. The third kappa shape index (κ3) is 2.48. The van der Waals surface area contributed by atoms with E-state index in [-0.39, 0.29) is 6.17 Å². The van der Waals surface area contributed by atoms with Gasteiger partial charge in [0.25, 0.3) is 0 Å². The molecule has 3 aliphatic rings. The SMILES string of the molecule is COc1ccc2c(c1)ON1C2N1C1=C(Br)C=CCN1Cc1ccccc1. The molecule has 2 aromatic carbocycles. The monoisotopic (exact) mass is 411 g/mol. The van der Waals surface area contributed by atoms with Gasteiger partial charge in [-0.1, -0.05) is 36.4 Å². The molecule has 2 aromatic rings. The summed E-state index contributed by atoms with van der Waals surface area (Å²) in [4.78, 5) is 8.36. The lowest BCUT2D eigenvalue weighted by Gasteiger charge is -2.31. The normalized spacial score (nSPS) is 22.8. The van der Waals surface area contributed by atoms with Crippen molar-refractivity contribution in [1.29, 1.82) is 0 Å². The Bertz CT molecular complexity index is 913. The van der Waals surface area contributed by atoms with Gasteiger partial charge in [-0.15, -0.1) is 0 Å². The maximum atomic E-state index is 6.01. The Kier molecular flexibility index (Phi) is 3.69. The fourth-order valence-corrected chi connectivity index (χ4v) is 4.16. The summed E-state index contributed by atoms with van der Waals surface area (Å²) in [5.74, 6) is 2.80. The molecule has 3 aliphatic heterocycles. The molecule has 132 valence electrons. The summed E-state index contributed by atoms with van der Waals surface area (Å²) in [6, 6.07) is 16.5. The van der Waals surface area contributed by atoms with Crippen molar-refractivity contribution in [2.24, 2.45) is 0 Å². The van der Waals surface area contributed by atoms with Gasteiger partial charge in [-0.05, 0) is 44.9 Å². The third-order valence-corrected chi connectivity index (χ3v) is 5.44. The van der Waals surface area contributed by atoms with E-state index in [9.17, 15) is 0 Å². The van der Waals surface area contributed by atoms with Gasteiger partial charge in [-0.2, -0.15) is 0 Å². The number of methoxy groups -OCH3 is 1. The molecule has 0 saturated carbocycles. The molecular weight excluding hydrogens is 394 g/mol. The molecule has 26 heavy (non-hydrogen) atoms. The smallest absolute Gasteiger partial charge is 0.186 e. The van der Waals surface area contributed by atoms with E-state index in [4.69, 9.17) is 9.57 Å². The predicted octanol–water partition coefficient (Wildman–Crippen LogP) is 4.17. The summed E-state index contributed by atoms with van der Waals surface area (Å²) < 4.78 is 6.35. The number of benzene rings is 2. The first-order chi connectivity index (χ1) is 12.8. The zero-order chi connectivity index (χ0) is 17.7. The van der Waals surface area contributed by atoms with E-state index in [0.29, 0.717) is 0 Å². The molecule has 6 heteroatoms. The van der Waals surface area contributed by atoms with Crippen LogP contribution in [0, 0.1) is 0 Å². The molecule has 0 bridgehead atoms. The van der Waals surface area contributed by atoms with E-state index < -0.39 is 0 Å². The molecule has 5 rings (SSSR count). The van der Waals surface area contributed by atoms with Gasteiger partial charge in [0.2, 0.25) is 0 Å². The molecule has 0 aliphatic carbocycles. The van der Waals surface area contributed by atoms with E-state index in [1.165, 1.54) is 5.56 Å². The number of nitrogens with zero attached hydrogens (tertiary/aromatic N) is 3. The van der Waals surface area contributed by atoms with Crippen molar-refractivity contribution in [3.05, 3.63) is 82.1 Å². The number of hydroxylamine groups is 1. The molecule has 2 atom stereocenters. The Labute approximate surface area is 160 Å². The van der Waals surface area contributed by atoms with Gasteiger partial charge in [0.05, 0.1) is 11.6 Å². The molecule has 0 amide bonds. The lowest BCUT2D eigenvalue weighted by atomic mass is 10.1. The average molecular weight is 412 g/mol. The van der Waals surface area contributed by atoms with Crippen molar-refractivity contribution < 1.29 is 9.57 Å². The van der Waals surface area contributed by atoms with Gasteiger partial charge in [0.1, 0.15) is 11.6 Å². The standard InChI is InChI=1S/C20H18BrN3O2/c1-25-15-9-10-16-18(12-15)26-24-19(16)23(24)20-17(21)8-5-11-22(20)13-14-6-3-2-4-7-14/h2-10,12,19H,11,13H2,1H3. The predicted molar refractivity (Wildman–Crippen MR) is 102 cm³/mol. The highest BCUT2D eigenvalue weighted by Crippen LogP contribution is 2.56. The first-order valence-electron chi connectivity index (χ1n) is 8.56. The van der Waals surface area contributed by atoms with E-state index in [1.807, 2.05) is 23.4 Å². The molecule has 3 heterocycles. The van der Waals surface area contributed by atoms with Gasteiger partial charge in [0, 0.05) is 24.7 Å². The highest BCUT2D eigenvalue weighted by molar-refractivity contribution is 9.11. The van der Waals surface area contributed by atoms with Crippen LogP contribution in [0.1, 0.15) is 17.3 Å². The number of rotatable bonds is 4. The summed E-state index contributed by atoms with van der Waals surface area (Å²) in [5.41, 5.74) is 2.45. The number of fused-ring (bicyclic) bond motifs is 3. The van der Waals surface area contributed by atoms with Crippen LogP contribution in [-0.4, -0.2) is 28.7 Å². The molecule has 0 radical (unpaired) electrons. The van der Waals surface area contributed by atoms with Crippen LogP contribution in [0.3, 0.4) is 0 Å². The summed E-state index contributed by atoms with van der Waals surface area (Å²) in [5, 5.41) is 4.10. The second kappa shape index (κ2) is 6.07. The molecular formula is C20H18BrN3O2. The van der Waals surface area contributed by atoms with Crippen LogP contribution >= 0.6 is 15.9 Å². The highest BCUT2D eigenvalue weighted by atomic mass is 79.9. The average Bonchev–Trinajstić information content (AvgIpc) is 3.21. The maximum Gasteiger partial charge on any atom is 0.186 e. The Balaban J connectivity index is 1.42. The number of ether oxygens (including phenoxy) is 1. The lowest BCUT2D eigenvalue weighted by molar-refractivity contribution is -0.00710. The van der Waals surface area contributed by atoms with Crippen molar-refractivity contribution >= 4 is 15.9 Å². The van der Waals surface area contributed by atoms with Gasteiger partial charge >= 0.3 is 0 Å². The molecule has 0 aromatic heterocycles. The van der Waals surface area contributed by atoms with Crippen LogP contribution in [0.4, 0.5) is 0 Å². The minimum Gasteiger partial charge on any atom is -0.497 e. The molecule has 1 saturated heterocycles. The summed E-state index contributed by atoms with van der Waals surface area (Å²) in [6.45, 7) is 1.72. The Hall–Kier alpha value is -2.44. The first-order valence-corrected chi connectivity index (χ1v) is 9.35. The van der Waals surface area contributed by atoms with Crippen molar-refractivity contribution in [2.45, 2.75) is 12.7 Å². The van der Waals surface area contributed by atoms with Crippen molar-refractivity contribution in [1.82, 2.24) is 15.1 Å². The number of allylic oxidation sites excluding steroid dienone is 2. The van der Waals surface area contributed by atoms with Crippen LogP contribution < -0.4 is 9.57 Å². The Morgan fingerprint density at radius 3 is 2.85 bits per heavy atom. The number of hydrogen-bond donors (Lipinski definition) is 0. The Morgan fingerprint density at radius 1 is 1.19 bits per heavy atom. The van der Waals surface area contributed by atoms with Crippen LogP contribution in [-0.2, 0) is 6.54 Å². The van der Waals surface area contributed by atoms with E-state index in [0.717, 1.165) is 40.5 Å². The van der Waals surface area contributed by atoms with Crippen LogP contribution in [0.15, 0.2) is 71.0 Å². The van der Waals surface area contributed by atoms with Crippen molar-refractivity contribution in [2.75, 3.05) is 13.7 Å². The van der Waals surface area contributed by atoms with Crippen LogP contribution in [0.5, 0.6) is 11.5 Å². The molecule has 0 N–H and O–H groups in total. The zero-order valence-corrected chi connectivity index (χ0v) is 15.9. The molecule has 1 fully saturated rings. The van der Waals surface area contributed by atoms with Gasteiger partial charge in [0.15, 0.2) is 11.9 Å². The van der Waals surface area contributed by atoms with Crippen LogP contribution in [0.2, 0.25) is 0 Å². The lowest BCUT2D eigenvalue weighted by Crippen LogP contribution is -2.31. The molecule has 2 unspecified atom stereocenters. The van der Waals surface area contributed by atoms with E-state index >= 15 is 0 Å². The highest BCUT2D eigenvalue weighted by Gasteiger charge is 2.58. The quantitative estimate of drug-likeness (QED) is 0.703. The fraction of sp³-hybridized carbons (Fsp3) is 0.200. The Morgan fingerprint density at radius 2 is 2.04 bits per heavy atom. The van der Waals surface area contributed by atoms with Gasteiger partial charge < -0.3 is 14.5 Å². The molecule has 5 nitrogen and oxygen atoms in total. The van der Waals surface area contributed by atoms with Crippen LogP contribution in [0.25, 0.3) is 0 Å². The minimum absolute atomic E-state index is 0.114. The van der Waals surface area contributed by atoms with E-state index in [1.54, 1.807) is 7.11 Å². The second-order valence-electron chi connectivity index (χ2n) is 6.46.